The first-order chi connectivity index (χ1) is 8.26. The van der Waals surface area contributed by atoms with Crippen LogP contribution in [0.5, 0.6) is 5.75 Å². The van der Waals surface area contributed by atoms with Crippen LogP contribution in [0.2, 0.25) is 5.02 Å². The first-order valence-corrected chi connectivity index (χ1v) is 6.18. The van der Waals surface area contributed by atoms with Crippen LogP contribution >= 0.6 is 11.6 Å². The van der Waals surface area contributed by atoms with Gasteiger partial charge in [0.25, 0.3) is 0 Å². The van der Waals surface area contributed by atoms with E-state index >= 15 is 0 Å². The number of methoxy groups -OCH3 is 1. The predicted molar refractivity (Wildman–Crippen MR) is 72.1 cm³/mol. The summed E-state index contributed by atoms with van der Waals surface area (Å²) in [6.45, 7) is 4.09. The van der Waals surface area contributed by atoms with Crippen LogP contribution in [0.15, 0.2) is 18.3 Å². The van der Waals surface area contributed by atoms with Gasteiger partial charge in [0, 0.05) is 17.1 Å². The van der Waals surface area contributed by atoms with Crippen molar-refractivity contribution < 1.29 is 4.74 Å². The van der Waals surface area contributed by atoms with Crippen molar-refractivity contribution in [1.29, 1.82) is 0 Å². The van der Waals surface area contributed by atoms with E-state index in [-0.39, 0.29) is 0 Å². The fraction of sp³-hybridized carbons (Fsp3) is 0.385. The molecule has 1 aromatic carbocycles. The van der Waals surface area contributed by atoms with Crippen molar-refractivity contribution in [3.8, 4) is 5.75 Å². The molecule has 0 saturated carbocycles. The van der Waals surface area contributed by atoms with Crippen LogP contribution in [0.1, 0.15) is 12.5 Å². The zero-order chi connectivity index (χ0) is 12.3. The number of hydrogen-bond donors (Lipinski definition) is 2. The average Bonchev–Trinajstić information content (AvgIpc) is 2.71. The van der Waals surface area contributed by atoms with Crippen LogP contribution in [0.4, 0.5) is 0 Å². The second-order valence-electron chi connectivity index (χ2n) is 3.95. The van der Waals surface area contributed by atoms with E-state index < -0.39 is 0 Å². The van der Waals surface area contributed by atoms with Gasteiger partial charge < -0.3 is 15.0 Å². The lowest BCUT2D eigenvalue weighted by atomic mass is 10.1. The molecule has 0 aliphatic heterocycles. The predicted octanol–water partition coefficient (Wildman–Crippen LogP) is 2.98. The molecule has 92 valence electrons. The molecule has 0 saturated heterocycles. The molecule has 17 heavy (non-hydrogen) atoms. The van der Waals surface area contributed by atoms with Gasteiger partial charge in [-0.15, -0.1) is 0 Å². The van der Waals surface area contributed by atoms with Crippen molar-refractivity contribution in [2.75, 3.05) is 20.2 Å². The molecule has 0 unspecified atom stereocenters. The number of fused-ring (bicyclic) bond motifs is 1. The van der Waals surface area contributed by atoms with Crippen molar-refractivity contribution in [3.63, 3.8) is 0 Å². The minimum Gasteiger partial charge on any atom is -0.495 e. The van der Waals surface area contributed by atoms with Gasteiger partial charge in [0.1, 0.15) is 5.75 Å². The highest BCUT2D eigenvalue weighted by molar-refractivity contribution is 6.32. The van der Waals surface area contributed by atoms with Gasteiger partial charge in [-0.1, -0.05) is 18.5 Å². The highest BCUT2D eigenvalue weighted by Gasteiger charge is 2.08. The molecular weight excluding hydrogens is 236 g/mol. The van der Waals surface area contributed by atoms with E-state index in [0.717, 1.165) is 30.8 Å². The first-order valence-electron chi connectivity index (χ1n) is 5.80. The summed E-state index contributed by atoms with van der Waals surface area (Å²) in [5, 5.41) is 5.14. The fourth-order valence-corrected chi connectivity index (χ4v) is 2.19. The standard InChI is InChI=1S/C13H17ClN2O/c1-3-15-5-4-9-8-16-12-7-11(14)13(17-2)6-10(9)12/h6-8,15-16H,3-5H2,1-2H3. The van der Waals surface area contributed by atoms with Crippen LogP contribution in [-0.2, 0) is 6.42 Å². The summed E-state index contributed by atoms with van der Waals surface area (Å²) >= 11 is 6.08. The van der Waals surface area contributed by atoms with Crippen molar-refractivity contribution >= 4 is 22.5 Å². The molecule has 0 bridgehead atoms. The number of aromatic amines is 1. The highest BCUT2D eigenvalue weighted by atomic mass is 35.5. The third-order valence-electron chi connectivity index (χ3n) is 2.86. The molecule has 1 heterocycles. The average molecular weight is 253 g/mol. The Morgan fingerprint density at radius 3 is 2.94 bits per heavy atom. The van der Waals surface area contributed by atoms with Gasteiger partial charge in [-0.2, -0.15) is 0 Å². The maximum absolute atomic E-state index is 6.08. The van der Waals surface area contributed by atoms with Gasteiger partial charge in [-0.25, -0.2) is 0 Å². The monoisotopic (exact) mass is 252 g/mol. The van der Waals surface area contributed by atoms with Crippen LogP contribution in [0.25, 0.3) is 10.9 Å². The summed E-state index contributed by atoms with van der Waals surface area (Å²) in [4.78, 5) is 3.24. The fourth-order valence-electron chi connectivity index (χ4n) is 1.94. The topological polar surface area (TPSA) is 37.0 Å². The molecule has 0 atom stereocenters. The number of aromatic nitrogens is 1. The Kier molecular flexibility index (Phi) is 3.92. The lowest BCUT2D eigenvalue weighted by molar-refractivity contribution is 0.415. The van der Waals surface area contributed by atoms with Gasteiger partial charge in [0.2, 0.25) is 0 Å². The van der Waals surface area contributed by atoms with E-state index in [2.05, 4.69) is 17.2 Å². The summed E-state index contributed by atoms with van der Waals surface area (Å²) < 4.78 is 5.24. The van der Waals surface area contributed by atoms with Gasteiger partial charge in [0.05, 0.1) is 12.1 Å². The summed E-state index contributed by atoms with van der Waals surface area (Å²) in [6.07, 6.45) is 3.04. The van der Waals surface area contributed by atoms with E-state index in [1.54, 1.807) is 7.11 Å². The molecule has 0 amide bonds. The van der Waals surface area contributed by atoms with Gasteiger partial charge in [-0.05, 0) is 37.2 Å². The second kappa shape index (κ2) is 5.43. The lowest BCUT2D eigenvalue weighted by Gasteiger charge is -2.04. The number of ether oxygens (including phenoxy) is 1. The molecule has 0 fully saturated rings. The summed E-state index contributed by atoms with van der Waals surface area (Å²) in [6, 6.07) is 3.90. The maximum Gasteiger partial charge on any atom is 0.138 e. The molecule has 2 N–H and O–H groups in total. The number of nitrogens with one attached hydrogen (secondary N) is 2. The number of likely N-dealkylation sites (N-methyl/N-ethyl adjacent to an activating group) is 1. The lowest BCUT2D eigenvalue weighted by Crippen LogP contribution is -2.15. The third-order valence-corrected chi connectivity index (χ3v) is 3.16. The highest BCUT2D eigenvalue weighted by Crippen LogP contribution is 2.31. The number of hydrogen-bond acceptors (Lipinski definition) is 2. The Morgan fingerprint density at radius 1 is 1.41 bits per heavy atom. The van der Waals surface area contributed by atoms with E-state index in [9.17, 15) is 0 Å². The van der Waals surface area contributed by atoms with Crippen LogP contribution < -0.4 is 10.1 Å². The summed E-state index contributed by atoms with van der Waals surface area (Å²) in [7, 11) is 1.64. The van der Waals surface area contributed by atoms with Crippen molar-refractivity contribution in [3.05, 3.63) is 28.9 Å². The molecule has 0 aliphatic carbocycles. The molecule has 0 aliphatic rings. The molecular formula is C13H17ClN2O. The maximum atomic E-state index is 6.08. The molecule has 2 rings (SSSR count). The number of rotatable bonds is 5. The zero-order valence-electron chi connectivity index (χ0n) is 10.1. The van der Waals surface area contributed by atoms with Crippen LogP contribution in [-0.4, -0.2) is 25.2 Å². The molecule has 4 heteroatoms. The van der Waals surface area contributed by atoms with Crippen LogP contribution in [0.3, 0.4) is 0 Å². The molecule has 0 spiro atoms. The van der Waals surface area contributed by atoms with Crippen molar-refractivity contribution in [2.24, 2.45) is 0 Å². The first kappa shape index (κ1) is 12.3. The zero-order valence-corrected chi connectivity index (χ0v) is 10.9. The van der Waals surface area contributed by atoms with Gasteiger partial charge in [-0.3, -0.25) is 0 Å². The van der Waals surface area contributed by atoms with Crippen molar-refractivity contribution in [1.82, 2.24) is 10.3 Å². The smallest absolute Gasteiger partial charge is 0.138 e. The SMILES string of the molecule is CCNCCc1c[nH]c2cc(Cl)c(OC)cc12. The Bertz CT molecular complexity index is 507. The third kappa shape index (κ3) is 2.56. The van der Waals surface area contributed by atoms with Crippen molar-refractivity contribution in [2.45, 2.75) is 13.3 Å². The minimum atomic E-state index is 0.639. The van der Waals surface area contributed by atoms with Crippen LogP contribution in [0, 0.1) is 0 Å². The number of halogens is 1. The molecule has 1 aromatic heterocycles. The van der Waals surface area contributed by atoms with E-state index in [4.69, 9.17) is 16.3 Å². The molecule has 3 nitrogen and oxygen atoms in total. The second-order valence-corrected chi connectivity index (χ2v) is 4.36. The number of H-pyrrole nitrogens is 1. The summed E-state index contributed by atoms with van der Waals surface area (Å²) in [5.74, 6) is 0.725. The van der Waals surface area contributed by atoms with Gasteiger partial charge >= 0.3 is 0 Å². The summed E-state index contributed by atoms with van der Waals surface area (Å²) in [5.41, 5.74) is 2.35. The van der Waals surface area contributed by atoms with E-state index in [1.807, 2.05) is 18.3 Å². The Hall–Kier alpha value is -1.19. The largest absolute Gasteiger partial charge is 0.495 e. The van der Waals surface area contributed by atoms with E-state index in [0.29, 0.717) is 5.02 Å². The van der Waals surface area contributed by atoms with E-state index in [1.165, 1.54) is 10.9 Å². The Balaban J connectivity index is 2.31. The Morgan fingerprint density at radius 2 is 2.24 bits per heavy atom. The number of benzene rings is 1. The molecule has 0 radical (unpaired) electrons. The quantitative estimate of drug-likeness (QED) is 0.803. The normalized spacial score (nSPS) is 11.0. The Labute approximate surface area is 106 Å². The van der Waals surface area contributed by atoms with Gasteiger partial charge in [0.15, 0.2) is 0 Å². The minimum absolute atomic E-state index is 0.639. The molecule has 2 aromatic rings.